The van der Waals surface area contributed by atoms with Gasteiger partial charge in [0.2, 0.25) is 0 Å². The number of nitrogens with zero attached hydrogens (tertiary/aromatic N) is 5. The van der Waals surface area contributed by atoms with Crippen LogP contribution in [0.1, 0.15) is 0 Å². The van der Waals surface area contributed by atoms with E-state index in [0.717, 1.165) is 33.7 Å². The van der Waals surface area contributed by atoms with Gasteiger partial charge in [-0.3, -0.25) is 0 Å². The first-order valence-corrected chi connectivity index (χ1v) is 8.27. The average Bonchev–Trinajstić information content (AvgIpc) is 2.69. The normalized spacial score (nSPS) is 10.7. The summed E-state index contributed by atoms with van der Waals surface area (Å²) in [4.78, 5) is 19.6. The molecule has 1 N–H and O–H groups in total. The number of nitrogens with one attached hydrogen (secondary N) is 1. The highest BCUT2D eigenvalue weighted by Crippen LogP contribution is 2.27. The molecule has 0 fully saturated rings. The number of aromatic nitrogens is 4. The van der Waals surface area contributed by atoms with Gasteiger partial charge in [0.1, 0.15) is 12.1 Å². The van der Waals surface area contributed by atoms with Crippen molar-refractivity contribution in [3.8, 4) is 11.4 Å². The third kappa shape index (κ3) is 3.17. The standard InChI is InChI=1S/C20H18N6/c1-26(2)16-9-7-15(8-10-16)23-20-17-5-3-4-6-18(17)24-19(25-20)14-11-21-13-22-12-14/h3-13H,1-2H3,(H,23,24,25). The molecule has 128 valence electrons. The molecular weight excluding hydrogens is 324 g/mol. The number of hydrogen-bond acceptors (Lipinski definition) is 6. The Bertz CT molecular complexity index is 1030. The molecule has 2 aromatic heterocycles. The maximum absolute atomic E-state index is 4.71. The van der Waals surface area contributed by atoms with E-state index in [1.54, 1.807) is 12.4 Å². The minimum atomic E-state index is 0.594. The fraction of sp³-hybridized carbons (Fsp3) is 0.100. The van der Waals surface area contributed by atoms with Crippen LogP contribution in [0.3, 0.4) is 0 Å². The highest BCUT2D eigenvalue weighted by Gasteiger charge is 2.10. The fourth-order valence-electron chi connectivity index (χ4n) is 2.70. The van der Waals surface area contributed by atoms with Gasteiger partial charge in [0.05, 0.1) is 11.1 Å². The molecule has 26 heavy (non-hydrogen) atoms. The van der Waals surface area contributed by atoms with Gasteiger partial charge in [0.15, 0.2) is 5.82 Å². The number of anilines is 3. The molecule has 6 heteroatoms. The van der Waals surface area contributed by atoms with Crippen molar-refractivity contribution in [2.75, 3.05) is 24.3 Å². The summed E-state index contributed by atoms with van der Waals surface area (Å²) in [5, 5.41) is 4.38. The first kappa shape index (κ1) is 16.0. The van der Waals surface area contributed by atoms with Crippen molar-refractivity contribution >= 4 is 28.1 Å². The number of para-hydroxylation sites is 1. The van der Waals surface area contributed by atoms with Gasteiger partial charge in [-0.25, -0.2) is 19.9 Å². The second kappa shape index (κ2) is 6.76. The van der Waals surface area contributed by atoms with Crippen LogP contribution < -0.4 is 10.2 Å². The van der Waals surface area contributed by atoms with E-state index in [4.69, 9.17) is 4.98 Å². The quantitative estimate of drug-likeness (QED) is 0.607. The van der Waals surface area contributed by atoms with E-state index in [1.807, 2.05) is 50.5 Å². The fourth-order valence-corrected chi connectivity index (χ4v) is 2.70. The molecule has 0 radical (unpaired) electrons. The Morgan fingerprint density at radius 3 is 2.31 bits per heavy atom. The molecule has 2 heterocycles. The Morgan fingerprint density at radius 2 is 1.58 bits per heavy atom. The Morgan fingerprint density at radius 1 is 0.846 bits per heavy atom. The van der Waals surface area contributed by atoms with Gasteiger partial charge in [0, 0.05) is 43.3 Å². The predicted molar refractivity (Wildman–Crippen MR) is 105 cm³/mol. The van der Waals surface area contributed by atoms with E-state index >= 15 is 0 Å². The van der Waals surface area contributed by atoms with Gasteiger partial charge >= 0.3 is 0 Å². The molecule has 0 aliphatic carbocycles. The first-order valence-electron chi connectivity index (χ1n) is 8.27. The summed E-state index contributed by atoms with van der Waals surface area (Å²) in [7, 11) is 4.04. The number of fused-ring (bicyclic) bond motifs is 1. The van der Waals surface area contributed by atoms with Crippen LogP contribution in [0.4, 0.5) is 17.2 Å². The highest BCUT2D eigenvalue weighted by atomic mass is 15.1. The molecule has 0 atom stereocenters. The van der Waals surface area contributed by atoms with E-state index in [2.05, 4.69) is 37.3 Å². The Kier molecular flexibility index (Phi) is 4.15. The molecule has 4 aromatic rings. The summed E-state index contributed by atoms with van der Waals surface area (Å²) in [5.74, 6) is 1.35. The second-order valence-corrected chi connectivity index (χ2v) is 6.11. The maximum atomic E-state index is 4.71. The summed E-state index contributed by atoms with van der Waals surface area (Å²) in [6.07, 6.45) is 4.93. The van der Waals surface area contributed by atoms with Crippen LogP contribution in [-0.2, 0) is 0 Å². The van der Waals surface area contributed by atoms with Gasteiger partial charge in [0.25, 0.3) is 0 Å². The zero-order chi connectivity index (χ0) is 17.9. The number of hydrogen-bond donors (Lipinski definition) is 1. The van der Waals surface area contributed by atoms with Gasteiger partial charge in [-0.05, 0) is 36.4 Å². The van der Waals surface area contributed by atoms with E-state index in [-0.39, 0.29) is 0 Å². The predicted octanol–water partition coefficient (Wildman–Crippen LogP) is 3.90. The lowest BCUT2D eigenvalue weighted by Gasteiger charge is -2.14. The third-order valence-corrected chi connectivity index (χ3v) is 4.07. The van der Waals surface area contributed by atoms with Crippen LogP contribution in [0.15, 0.2) is 67.3 Å². The summed E-state index contributed by atoms with van der Waals surface area (Å²) in [6, 6.07) is 16.2. The Labute approximate surface area is 151 Å². The smallest absolute Gasteiger partial charge is 0.165 e. The molecule has 0 saturated heterocycles. The minimum Gasteiger partial charge on any atom is -0.378 e. The lowest BCUT2D eigenvalue weighted by atomic mass is 10.2. The van der Waals surface area contributed by atoms with Crippen LogP contribution in [0.5, 0.6) is 0 Å². The molecule has 0 bridgehead atoms. The van der Waals surface area contributed by atoms with Crippen molar-refractivity contribution < 1.29 is 0 Å². The van der Waals surface area contributed by atoms with E-state index in [9.17, 15) is 0 Å². The van der Waals surface area contributed by atoms with Crippen molar-refractivity contribution in [3.63, 3.8) is 0 Å². The van der Waals surface area contributed by atoms with E-state index in [1.165, 1.54) is 6.33 Å². The molecule has 0 aliphatic heterocycles. The average molecular weight is 342 g/mol. The topological polar surface area (TPSA) is 66.8 Å². The molecule has 0 spiro atoms. The summed E-state index contributed by atoms with van der Waals surface area (Å²) in [6.45, 7) is 0. The molecular formula is C20H18N6. The van der Waals surface area contributed by atoms with Gasteiger partial charge in [-0.2, -0.15) is 0 Å². The first-order chi connectivity index (χ1) is 12.7. The number of rotatable bonds is 4. The van der Waals surface area contributed by atoms with Crippen molar-refractivity contribution in [3.05, 3.63) is 67.3 Å². The van der Waals surface area contributed by atoms with Crippen molar-refractivity contribution in [2.45, 2.75) is 0 Å². The van der Waals surface area contributed by atoms with Crippen LogP contribution >= 0.6 is 0 Å². The van der Waals surface area contributed by atoms with Gasteiger partial charge in [-0.15, -0.1) is 0 Å². The van der Waals surface area contributed by atoms with Crippen molar-refractivity contribution in [1.82, 2.24) is 19.9 Å². The number of benzene rings is 2. The van der Waals surface area contributed by atoms with Crippen LogP contribution in [0.25, 0.3) is 22.3 Å². The van der Waals surface area contributed by atoms with Crippen molar-refractivity contribution in [1.29, 1.82) is 0 Å². The highest BCUT2D eigenvalue weighted by molar-refractivity contribution is 5.92. The molecule has 0 saturated carbocycles. The Balaban J connectivity index is 1.78. The zero-order valence-electron chi connectivity index (χ0n) is 14.6. The molecule has 0 unspecified atom stereocenters. The van der Waals surface area contributed by atoms with Crippen molar-refractivity contribution in [2.24, 2.45) is 0 Å². The van der Waals surface area contributed by atoms with Gasteiger partial charge < -0.3 is 10.2 Å². The monoisotopic (exact) mass is 342 g/mol. The SMILES string of the molecule is CN(C)c1ccc(Nc2nc(-c3cncnc3)nc3ccccc23)cc1. The second-order valence-electron chi connectivity index (χ2n) is 6.11. The molecule has 0 aliphatic rings. The lowest BCUT2D eigenvalue weighted by Crippen LogP contribution is -2.08. The Hall–Kier alpha value is -3.54. The summed E-state index contributed by atoms with van der Waals surface area (Å²) in [5.41, 5.74) is 3.76. The summed E-state index contributed by atoms with van der Waals surface area (Å²) >= 11 is 0. The molecule has 4 rings (SSSR count). The molecule has 6 nitrogen and oxygen atoms in total. The minimum absolute atomic E-state index is 0.594. The maximum Gasteiger partial charge on any atom is 0.165 e. The van der Waals surface area contributed by atoms with E-state index in [0.29, 0.717) is 5.82 Å². The third-order valence-electron chi connectivity index (χ3n) is 4.07. The molecule has 0 amide bonds. The largest absolute Gasteiger partial charge is 0.378 e. The van der Waals surface area contributed by atoms with Crippen LogP contribution in [0, 0.1) is 0 Å². The molecule has 2 aromatic carbocycles. The summed E-state index contributed by atoms with van der Waals surface area (Å²) < 4.78 is 0. The van der Waals surface area contributed by atoms with E-state index < -0.39 is 0 Å². The van der Waals surface area contributed by atoms with Crippen LogP contribution in [-0.4, -0.2) is 34.0 Å². The van der Waals surface area contributed by atoms with Crippen LogP contribution in [0.2, 0.25) is 0 Å². The zero-order valence-corrected chi connectivity index (χ0v) is 14.6. The lowest BCUT2D eigenvalue weighted by molar-refractivity contribution is 1.13. The van der Waals surface area contributed by atoms with Gasteiger partial charge in [-0.1, -0.05) is 12.1 Å².